The highest BCUT2D eigenvalue weighted by Gasteiger charge is 2.14. The van der Waals surface area contributed by atoms with Crippen molar-refractivity contribution in [1.29, 1.82) is 0 Å². The van der Waals surface area contributed by atoms with E-state index in [9.17, 15) is 8.78 Å². The Kier molecular flexibility index (Phi) is 2.03. The van der Waals surface area contributed by atoms with Crippen molar-refractivity contribution in [2.45, 2.75) is 6.43 Å². The van der Waals surface area contributed by atoms with E-state index in [0.29, 0.717) is 0 Å². The summed E-state index contributed by atoms with van der Waals surface area (Å²) in [5.74, 6) is -0.281. The summed E-state index contributed by atoms with van der Waals surface area (Å²) in [6.07, 6.45) is -2.67. The van der Waals surface area contributed by atoms with E-state index >= 15 is 0 Å². The SMILES string of the molecule is Nc1c(O)ccc(C(F)F)c1N. The molecule has 0 saturated heterocycles. The minimum Gasteiger partial charge on any atom is -0.506 e. The Bertz CT molecular complexity index is 302. The second-order valence-electron chi connectivity index (χ2n) is 2.30. The second kappa shape index (κ2) is 2.84. The van der Waals surface area contributed by atoms with Gasteiger partial charge in [0.05, 0.1) is 11.4 Å². The molecule has 5 N–H and O–H groups in total. The molecule has 66 valence electrons. The van der Waals surface area contributed by atoms with Crippen LogP contribution in [0.25, 0.3) is 0 Å². The fraction of sp³-hybridized carbons (Fsp3) is 0.143. The first-order chi connectivity index (χ1) is 5.54. The molecule has 0 aliphatic heterocycles. The summed E-state index contributed by atoms with van der Waals surface area (Å²) < 4.78 is 24.2. The van der Waals surface area contributed by atoms with Gasteiger partial charge in [0, 0.05) is 5.56 Å². The van der Waals surface area contributed by atoms with Crippen molar-refractivity contribution in [3.05, 3.63) is 17.7 Å². The number of halogens is 2. The molecule has 0 radical (unpaired) electrons. The summed E-state index contributed by atoms with van der Waals surface area (Å²) >= 11 is 0. The van der Waals surface area contributed by atoms with Gasteiger partial charge < -0.3 is 16.6 Å². The molecule has 3 nitrogen and oxygen atoms in total. The maximum Gasteiger partial charge on any atom is 0.265 e. The van der Waals surface area contributed by atoms with E-state index in [0.717, 1.165) is 12.1 Å². The van der Waals surface area contributed by atoms with Crippen LogP contribution >= 0.6 is 0 Å². The molecular formula is C7H8F2N2O. The Labute approximate surface area is 67.6 Å². The molecule has 0 bridgehead atoms. The zero-order valence-corrected chi connectivity index (χ0v) is 6.09. The Morgan fingerprint density at radius 1 is 1.17 bits per heavy atom. The molecule has 0 saturated carbocycles. The molecular weight excluding hydrogens is 166 g/mol. The van der Waals surface area contributed by atoms with Gasteiger partial charge in [-0.3, -0.25) is 0 Å². The van der Waals surface area contributed by atoms with E-state index in [1.165, 1.54) is 0 Å². The number of anilines is 2. The molecule has 0 aliphatic rings. The minimum atomic E-state index is -2.67. The summed E-state index contributed by atoms with van der Waals surface area (Å²) in [7, 11) is 0. The smallest absolute Gasteiger partial charge is 0.265 e. The number of phenols is 1. The lowest BCUT2D eigenvalue weighted by Crippen LogP contribution is -2.00. The standard InChI is InChI=1S/C7H8F2N2O/c8-7(9)3-1-2-4(12)6(11)5(3)10/h1-2,7,12H,10-11H2. The summed E-state index contributed by atoms with van der Waals surface area (Å²) in [6.45, 7) is 0. The van der Waals surface area contributed by atoms with Crippen LogP contribution in [0.1, 0.15) is 12.0 Å². The van der Waals surface area contributed by atoms with Crippen LogP contribution in [0.4, 0.5) is 20.2 Å². The van der Waals surface area contributed by atoms with Crippen molar-refractivity contribution in [3.63, 3.8) is 0 Å². The summed E-state index contributed by atoms with van der Waals surface area (Å²) in [5.41, 5.74) is 9.61. The highest BCUT2D eigenvalue weighted by Crippen LogP contribution is 2.34. The lowest BCUT2D eigenvalue weighted by molar-refractivity contribution is 0.152. The van der Waals surface area contributed by atoms with Gasteiger partial charge in [-0.05, 0) is 12.1 Å². The molecule has 0 aromatic heterocycles. The third-order valence-electron chi connectivity index (χ3n) is 1.53. The van der Waals surface area contributed by atoms with Crippen molar-refractivity contribution in [2.75, 3.05) is 11.5 Å². The van der Waals surface area contributed by atoms with Gasteiger partial charge in [0.15, 0.2) is 0 Å². The Morgan fingerprint density at radius 3 is 2.25 bits per heavy atom. The van der Waals surface area contributed by atoms with E-state index in [1.54, 1.807) is 0 Å². The number of nitrogens with two attached hydrogens (primary N) is 2. The Hall–Kier alpha value is -1.52. The molecule has 5 heteroatoms. The van der Waals surface area contributed by atoms with Crippen LogP contribution in [0.5, 0.6) is 5.75 Å². The molecule has 0 heterocycles. The first-order valence-electron chi connectivity index (χ1n) is 3.19. The fourth-order valence-electron chi connectivity index (χ4n) is 0.832. The van der Waals surface area contributed by atoms with Crippen LogP contribution in [-0.2, 0) is 0 Å². The van der Waals surface area contributed by atoms with E-state index in [4.69, 9.17) is 16.6 Å². The van der Waals surface area contributed by atoms with Gasteiger partial charge in [0.25, 0.3) is 6.43 Å². The molecule has 0 amide bonds. The molecule has 1 aromatic carbocycles. The van der Waals surface area contributed by atoms with Gasteiger partial charge in [0.1, 0.15) is 5.75 Å². The average molecular weight is 174 g/mol. The van der Waals surface area contributed by atoms with Crippen LogP contribution in [0.2, 0.25) is 0 Å². The molecule has 0 fully saturated rings. The van der Waals surface area contributed by atoms with Crippen LogP contribution in [0.15, 0.2) is 12.1 Å². The van der Waals surface area contributed by atoms with Gasteiger partial charge in [-0.2, -0.15) is 0 Å². The first kappa shape index (κ1) is 8.58. The van der Waals surface area contributed by atoms with E-state index in [2.05, 4.69) is 0 Å². The third kappa shape index (κ3) is 1.25. The predicted molar refractivity (Wildman–Crippen MR) is 41.9 cm³/mol. The summed E-state index contributed by atoms with van der Waals surface area (Å²) in [6, 6.07) is 2.14. The number of hydrogen-bond acceptors (Lipinski definition) is 3. The maximum atomic E-state index is 12.1. The van der Waals surface area contributed by atoms with Crippen molar-refractivity contribution < 1.29 is 13.9 Å². The number of hydrogen-bond donors (Lipinski definition) is 3. The molecule has 0 atom stereocenters. The van der Waals surface area contributed by atoms with E-state index in [1.807, 2.05) is 0 Å². The van der Waals surface area contributed by atoms with Gasteiger partial charge in [-0.25, -0.2) is 8.78 Å². The van der Waals surface area contributed by atoms with Gasteiger partial charge in [-0.15, -0.1) is 0 Å². The number of alkyl halides is 2. The molecule has 12 heavy (non-hydrogen) atoms. The monoisotopic (exact) mass is 174 g/mol. The van der Waals surface area contributed by atoms with Crippen LogP contribution in [0, 0.1) is 0 Å². The zero-order chi connectivity index (χ0) is 9.30. The Balaban J connectivity index is 3.27. The minimum absolute atomic E-state index is 0.201. The van der Waals surface area contributed by atoms with E-state index in [-0.39, 0.29) is 22.7 Å². The van der Waals surface area contributed by atoms with Crippen molar-refractivity contribution >= 4 is 11.4 Å². The number of rotatable bonds is 1. The lowest BCUT2D eigenvalue weighted by Gasteiger charge is -2.07. The highest BCUT2D eigenvalue weighted by atomic mass is 19.3. The largest absolute Gasteiger partial charge is 0.506 e. The second-order valence-corrected chi connectivity index (χ2v) is 2.30. The van der Waals surface area contributed by atoms with Crippen molar-refractivity contribution in [1.82, 2.24) is 0 Å². The number of nitrogen functional groups attached to an aromatic ring is 2. The lowest BCUT2D eigenvalue weighted by atomic mass is 10.1. The molecule has 1 aromatic rings. The quantitative estimate of drug-likeness (QED) is 0.446. The van der Waals surface area contributed by atoms with Gasteiger partial charge in [-0.1, -0.05) is 0 Å². The van der Waals surface area contributed by atoms with Crippen LogP contribution in [0.3, 0.4) is 0 Å². The molecule has 0 spiro atoms. The predicted octanol–water partition coefficient (Wildman–Crippen LogP) is 1.49. The number of aromatic hydroxyl groups is 1. The fourth-order valence-corrected chi connectivity index (χ4v) is 0.832. The third-order valence-corrected chi connectivity index (χ3v) is 1.53. The molecule has 0 aliphatic carbocycles. The topological polar surface area (TPSA) is 72.3 Å². The summed E-state index contributed by atoms with van der Waals surface area (Å²) in [5, 5.41) is 8.96. The molecule has 1 rings (SSSR count). The van der Waals surface area contributed by atoms with E-state index < -0.39 is 6.43 Å². The van der Waals surface area contributed by atoms with Crippen LogP contribution < -0.4 is 11.5 Å². The van der Waals surface area contributed by atoms with Crippen LogP contribution in [-0.4, -0.2) is 5.11 Å². The number of benzene rings is 1. The normalized spacial score (nSPS) is 10.6. The summed E-state index contributed by atoms with van der Waals surface area (Å²) in [4.78, 5) is 0. The van der Waals surface area contributed by atoms with Gasteiger partial charge in [0.2, 0.25) is 0 Å². The number of phenolic OH excluding ortho intramolecular Hbond substituents is 1. The first-order valence-corrected chi connectivity index (χ1v) is 3.19. The average Bonchev–Trinajstić information content (AvgIpc) is 2.00. The van der Waals surface area contributed by atoms with Gasteiger partial charge >= 0.3 is 0 Å². The van der Waals surface area contributed by atoms with Crippen molar-refractivity contribution in [3.8, 4) is 5.75 Å². The maximum absolute atomic E-state index is 12.1. The van der Waals surface area contributed by atoms with Crippen molar-refractivity contribution in [2.24, 2.45) is 0 Å². The Morgan fingerprint density at radius 2 is 1.75 bits per heavy atom. The zero-order valence-electron chi connectivity index (χ0n) is 6.09. The highest BCUT2D eigenvalue weighted by molar-refractivity contribution is 5.73. The molecule has 0 unspecified atom stereocenters.